The molecule has 0 rings (SSSR count). The Balaban J connectivity index is 5.25. The molecule has 0 saturated carbocycles. The van der Waals surface area contributed by atoms with Gasteiger partial charge < -0.3 is 33.8 Å². The molecule has 0 aromatic rings. The van der Waals surface area contributed by atoms with Crippen molar-refractivity contribution in [2.45, 2.75) is 400 Å². The van der Waals surface area contributed by atoms with Crippen molar-refractivity contribution in [1.82, 2.24) is 0 Å². The molecule has 0 aromatic carbocycles. The molecule has 17 nitrogen and oxygen atoms in total. The van der Waals surface area contributed by atoms with Crippen LogP contribution in [-0.2, 0) is 65.4 Å². The smallest absolute Gasteiger partial charge is 0.462 e. The van der Waals surface area contributed by atoms with Gasteiger partial charge in [0.25, 0.3) is 0 Å². The second kappa shape index (κ2) is 66.3. The molecule has 0 aliphatic heterocycles. The van der Waals surface area contributed by atoms with E-state index in [1.54, 1.807) is 0 Å². The van der Waals surface area contributed by atoms with E-state index in [1.807, 2.05) is 0 Å². The van der Waals surface area contributed by atoms with E-state index in [0.29, 0.717) is 25.7 Å². The highest BCUT2D eigenvalue weighted by Gasteiger charge is 2.30. The van der Waals surface area contributed by atoms with Crippen molar-refractivity contribution in [2.24, 2.45) is 5.92 Å². The topological polar surface area (TPSA) is 237 Å². The van der Waals surface area contributed by atoms with Gasteiger partial charge in [0.1, 0.15) is 19.3 Å². The lowest BCUT2D eigenvalue weighted by Gasteiger charge is -2.21. The third-order valence-corrected chi connectivity index (χ3v) is 19.3. The van der Waals surface area contributed by atoms with Crippen LogP contribution >= 0.6 is 15.6 Å². The van der Waals surface area contributed by atoms with Gasteiger partial charge >= 0.3 is 39.5 Å². The van der Waals surface area contributed by atoms with E-state index in [2.05, 4.69) is 34.6 Å². The number of carbonyl (C=O) groups is 4. The Morgan fingerprint density at radius 2 is 0.522 bits per heavy atom. The fourth-order valence-corrected chi connectivity index (χ4v) is 12.7. The van der Waals surface area contributed by atoms with Crippen molar-refractivity contribution >= 4 is 39.5 Å². The van der Waals surface area contributed by atoms with E-state index < -0.39 is 97.5 Å². The molecule has 0 amide bonds. The van der Waals surface area contributed by atoms with Gasteiger partial charge in [0.15, 0.2) is 12.2 Å². The number of ether oxygens (including phenoxy) is 4. The summed E-state index contributed by atoms with van der Waals surface area (Å²) >= 11 is 0. The molecule has 0 aromatic heterocycles. The molecule has 0 aliphatic carbocycles. The number of hydrogen-bond donors (Lipinski definition) is 3. The summed E-state index contributed by atoms with van der Waals surface area (Å²) < 4.78 is 68.4. The molecular formula is C73H142O17P2. The molecule has 3 N–H and O–H groups in total. The van der Waals surface area contributed by atoms with Gasteiger partial charge in [0, 0.05) is 25.7 Å². The van der Waals surface area contributed by atoms with Crippen molar-refractivity contribution in [3.63, 3.8) is 0 Å². The first-order valence-electron chi connectivity index (χ1n) is 38.2. The highest BCUT2D eigenvalue weighted by atomic mass is 31.2. The summed E-state index contributed by atoms with van der Waals surface area (Å²) in [5, 5.41) is 10.6. The number of phosphoric acid groups is 2. The minimum atomic E-state index is -4.95. The zero-order chi connectivity index (χ0) is 67.7. The van der Waals surface area contributed by atoms with Gasteiger partial charge in [-0.25, -0.2) is 9.13 Å². The molecular weight excluding hydrogens is 1210 g/mol. The minimum absolute atomic E-state index is 0.108. The second-order valence-electron chi connectivity index (χ2n) is 26.6. The maximum atomic E-state index is 13.1. The van der Waals surface area contributed by atoms with Crippen molar-refractivity contribution in [2.75, 3.05) is 39.6 Å². The van der Waals surface area contributed by atoms with Gasteiger partial charge in [-0.3, -0.25) is 37.3 Å². The standard InChI is InChI=1S/C73H142O17P2/c1-6-10-13-16-19-22-25-27-28-30-32-39-44-49-54-59-73(78)90-69(63-84-71(76)57-52-47-42-37-34-33-35-40-45-50-55-66(5)9-4)65-88-92(81,82)86-61-67(74)60-85-91(79,80)87-64-68(62-83-70(75)56-51-46-41-36-24-21-18-15-12-8-3)89-72(77)58-53-48-43-38-31-29-26-23-20-17-14-11-7-2/h66-69,74H,6-65H2,1-5H3,(H,79,80)(H,81,82)/t66?,67-,68+,69+/m0/s1. The molecule has 0 radical (unpaired) electrons. The molecule has 19 heteroatoms. The van der Waals surface area contributed by atoms with Crippen LogP contribution in [0, 0.1) is 5.92 Å². The van der Waals surface area contributed by atoms with Gasteiger partial charge in [0.05, 0.1) is 26.4 Å². The van der Waals surface area contributed by atoms with Crippen LogP contribution in [0.3, 0.4) is 0 Å². The Bertz CT molecular complexity index is 1770. The van der Waals surface area contributed by atoms with Crippen molar-refractivity contribution in [1.29, 1.82) is 0 Å². The quantitative estimate of drug-likeness (QED) is 0.0222. The zero-order valence-corrected chi connectivity index (χ0v) is 61.5. The molecule has 6 atom stereocenters. The number of hydrogen-bond acceptors (Lipinski definition) is 15. The lowest BCUT2D eigenvalue weighted by Crippen LogP contribution is -2.30. The summed E-state index contributed by atoms with van der Waals surface area (Å²) in [5.74, 6) is -1.31. The first-order chi connectivity index (χ1) is 44.6. The largest absolute Gasteiger partial charge is 0.472 e. The Kier molecular flexibility index (Phi) is 64.9. The van der Waals surface area contributed by atoms with Crippen LogP contribution in [0.5, 0.6) is 0 Å². The lowest BCUT2D eigenvalue weighted by molar-refractivity contribution is -0.161. The number of unbranched alkanes of at least 4 members (excludes halogenated alkanes) is 44. The molecule has 0 aliphatic rings. The average Bonchev–Trinajstić information content (AvgIpc) is 1.75. The summed E-state index contributed by atoms with van der Waals surface area (Å²) in [6.07, 6.45) is 53.8. The van der Waals surface area contributed by atoms with E-state index in [1.165, 1.54) is 205 Å². The van der Waals surface area contributed by atoms with Gasteiger partial charge in [-0.2, -0.15) is 0 Å². The van der Waals surface area contributed by atoms with E-state index in [4.69, 9.17) is 37.0 Å². The fourth-order valence-electron chi connectivity index (χ4n) is 11.1. The average molecular weight is 1350 g/mol. The molecule has 3 unspecified atom stereocenters. The number of esters is 4. The zero-order valence-electron chi connectivity index (χ0n) is 59.7. The Morgan fingerprint density at radius 3 is 0.772 bits per heavy atom. The third kappa shape index (κ3) is 65.4. The number of aliphatic hydroxyl groups excluding tert-OH is 1. The molecule has 0 spiro atoms. The van der Waals surface area contributed by atoms with Gasteiger partial charge in [-0.05, 0) is 31.6 Å². The van der Waals surface area contributed by atoms with Crippen molar-refractivity contribution < 1.29 is 80.2 Å². The lowest BCUT2D eigenvalue weighted by atomic mass is 9.99. The molecule has 0 heterocycles. The molecule has 92 heavy (non-hydrogen) atoms. The maximum absolute atomic E-state index is 13.1. The van der Waals surface area contributed by atoms with Crippen molar-refractivity contribution in [3.8, 4) is 0 Å². The molecule has 0 saturated heterocycles. The first-order valence-corrected chi connectivity index (χ1v) is 41.2. The summed E-state index contributed by atoms with van der Waals surface area (Å²) in [5.41, 5.74) is 0. The maximum Gasteiger partial charge on any atom is 0.472 e. The summed E-state index contributed by atoms with van der Waals surface area (Å²) in [6.45, 7) is 7.30. The summed E-state index contributed by atoms with van der Waals surface area (Å²) in [7, 11) is -9.90. The van der Waals surface area contributed by atoms with Crippen LogP contribution in [0.4, 0.5) is 0 Å². The Labute approximate surface area is 562 Å². The summed E-state index contributed by atoms with van der Waals surface area (Å²) in [4.78, 5) is 72.7. The van der Waals surface area contributed by atoms with Crippen molar-refractivity contribution in [3.05, 3.63) is 0 Å². The summed E-state index contributed by atoms with van der Waals surface area (Å²) in [6, 6.07) is 0. The van der Waals surface area contributed by atoms with Crippen LogP contribution in [0.25, 0.3) is 0 Å². The minimum Gasteiger partial charge on any atom is -0.462 e. The van der Waals surface area contributed by atoms with Crippen LogP contribution in [0.15, 0.2) is 0 Å². The number of rotatable bonds is 73. The monoisotopic (exact) mass is 1350 g/mol. The van der Waals surface area contributed by atoms with Crippen LogP contribution in [-0.4, -0.2) is 96.7 Å². The fraction of sp³-hybridized carbons (Fsp3) is 0.945. The predicted octanol–water partition coefficient (Wildman–Crippen LogP) is 21.3. The Hall–Kier alpha value is -1.94. The molecule has 546 valence electrons. The van der Waals surface area contributed by atoms with Crippen LogP contribution < -0.4 is 0 Å². The predicted molar refractivity (Wildman–Crippen MR) is 372 cm³/mol. The van der Waals surface area contributed by atoms with Crippen LogP contribution in [0.2, 0.25) is 0 Å². The normalized spacial score (nSPS) is 14.3. The number of aliphatic hydroxyl groups is 1. The number of carbonyl (C=O) groups excluding carboxylic acids is 4. The van der Waals surface area contributed by atoms with Gasteiger partial charge in [0.2, 0.25) is 0 Å². The van der Waals surface area contributed by atoms with Gasteiger partial charge in [-0.1, -0.05) is 330 Å². The third-order valence-electron chi connectivity index (χ3n) is 17.4. The van der Waals surface area contributed by atoms with Crippen LogP contribution in [0.1, 0.15) is 381 Å². The van der Waals surface area contributed by atoms with E-state index in [-0.39, 0.29) is 25.7 Å². The van der Waals surface area contributed by atoms with E-state index in [9.17, 15) is 43.2 Å². The van der Waals surface area contributed by atoms with Gasteiger partial charge in [-0.15, -0.1) is 0 Å². The highest BCUT2D eigenvalue weighted by molar-refractivity contribution is 7.47. The number of phosphoric ester groups is 2. The Morgan fingerprint density at radius 1 is 0.304 bits per heavy atom. The van der Waals surface area contributed by atoms with E-state index >= 15 is 0 Å². The molecule has 0 bridgehead atoms. The highest BCUT2D eigenvalue weighted by Crippen LogP contribution is 2.45. The SMILES string of the molecule is CCCCCCCCCCCCCCCCCC(=O)O[C@H](COC(=O)CCCCCCCCCCCCC(C)CC)COP(=O)(O)OC[C@@H](O)COP(=O)(O)OC[C@@H](COC(=O)CCCCCCCCCCCC)OC(=O)CCCCCCCCCCCCCCC. The first kappa shape index (κ1) is 90.1. The van der Waals surface area contributed by atoms with E-state index in [0.717, 1.165) is 95.8 Å². The molecule has 0 fully saturated rings. The second-order valence-corrected chi connectivity index (χ2v) is 29.5.